The number of carbonyl (C=O) groups excluding carboxylic acids is 1. The van der Waals surface area contributed by atoms with Crippen LogP contribution in [0, 0.1) is 6.92 Å². The third kappa shape index (κ3) is 5.37. The van der Waals surface area contributed by atoms with Crippen LogP contribution in [0.2, 0.25) is 10.0 Å². The largest absolute Gasteiger partial charge is 0.456 e. The minimum Gasteiger partial charge on any atom is -0.456 e. The van der Waals surface area contributed by atoms with Crippen LogP contribution in [-0.2, 0) is 26.2 Å². The van der Waals surface area contributed by atoms with Crippen LogP contribution in [0.1, 0.15) is 18.3 Å². The van der Waals surface area contributed by atoms with Gasteiger partial charge < -0.3 is 9.26 Å². The van der Waals surface area contributed by atoms with Crippen LogP contribution in [0.3, 0.4) is 0 Å². The summed E-state index contributed by atoms with van der Waals surface area (Å²) in [5.41, 5.74) is 1.82. The summed E-state index contributed by atoms with van der Waals surface area (Å²) in [5.74, 6) is -0.367. The molecule has 1 aromatic heterocycles. The van der Waals surface area contributed by atoms with E-state index in [1.807, 2.05) is 31.2 Å². The number of nitrogens with zero attached hydrogens (tertiary/aromatic N) is 2. The number of halogens is 2. The highest BCUT2D eigenvalue weighted by atomic mass is 35.5. The first kappa shape index (κ1) is 22.2. The normalized spacial score (nSPS) is 12.5. The van der Waals surface area contributed by atoms with Crippen LogP contribution < -0.4 is 4.72 Å². The van der Waals surface area contributed by atoms with Gasteiger partial charge in [-0.3, -0.25) is 4.79 Å². The fourth-order valence-electron chi connectivity index (χ4n) is 2.38. The second-order valence-electron chi connectivity index (χ2n) is 6.41. The van der Waals surface area contributed by atoms with Gasteiger partial charge in [0.1, 0.15) is 6.04 Å². The highest BCUT2D eigenvalue weighted by Crippen LogP contribution is 2.25. The molecule has 30 heavy (non-hydrogen) atoms. The summed E-state index contributed by atoms with van der Waals surface area (Å²) in [4.78, 5) is 16.2. The Morgan fingerprint density at radius 3 is 2.53 bits per heavy atom. The number of benzene rings is 2. The molecule has 0 aliphatic carbocycles. The van der Waals surface area contributed by atoms with Crippen LogP contribution in [0.4, 0.5) is 0 Å². The van der Waals surface area contributed by atoms with E-state index in [4.69, 9.17) is 32.5 Å². The van der Waals surface area contributed by atoms with Gasteiger partial charge in [-0.2, -0.15) is 9.71 Å². The van der Waals surface area contributed by atoms with E-state index >= 15 is 0 Å². The molecule has 0 aliphatic rings. The first-order valence-electron chi connectivity index (χ1n) is 8.69. The number of nitrogens with one attached hydrogen (secondary N) is 1. The molecular formula is C19H17Cl2N3O5S. The Morgan fingerprint density at radius 2 is 1.87 bits per heavy atom. The predicted molar refractivity (Wildman–Crippen MR) is 111 cm³/mol. The van der Waals surface area contributed by atoms with E-state index in [9.17, 15) is 13.2 Å². The summed E-state index contributed by atoms with van der Waals surface area (Å²) in [6.07, 6.45) is 0. The molecule has 1 atom stereocenters. The van der Waals surface area contributed by atoms with Crippen molar-refractivity contribution in [1.29, 1.82) is 0 Å². The average Bonchev–Trinajstić information content (AvgIpc) is 3.17. The van der Waals surface area contributed by atoms with Crippen molar-refractivity contribution in [2.24, 2.45) is 0 Å². The van der Waals surface area contributed by atoms with E-state index in [0.29, 0.717) is 0 Å². The van der Waals surface area contributed by atoms with Crippen molar-refractivity contribution in [2.75, 3.05) is 0 Å². The van der Waals surface area contributed by atoms with Gasteiger partial charge in [-0.05, 0) is 44.2 Å². The molecule has 0 saturated carbocycles. The number of hydrogen-bond acceptors (Lipinski definition) is 7. The zero-order valence-electron chi connectivity index (χ0n) is 15.9. The Bertz CT molecular complexity index is 1160. The third-order valence-electron chi connectivity index (χ3n) is 4.00. The van der Waals surface area contributed by atoms with Crippen molar-refractivity contribution in [3.05, 3.63) is 63.9 Å². The molecule has 0 fully saturated rings. The molecule has 3 aromatic rings. The monoisotopic (exact) mass is 469 g/mol. The highest BCUT2D eigenvalue weighted by molar-refractivity contribution is 7.89. The molecule has 0 aliphatic heterocycles. The van der Waals surface area contributed by atoms with Gasteiger partial charge in [0.25, 0.3) is 5.89 Å². The SMILES string of the molecule is Cc1ccc(-c2nc(COC(=O)C(C)NS(=O)(=O)c3ccc(Cl)c(Cl)c3)no2)cc1. The molecule has 8 nitrogen and oxygen atoms in total. The van der Waals surface area contributed by atoms with E-state index in [1.165, 1.54) is 25.1 Å². The van der Waals surface area contributed by atoms with Crippen LogP contribution in [0.25, 0.3) is 11.5 Å². The van der Waals surface area contributed by atoms with Crippen LogP contribution in [0.15, 0.2) is 51.9 Å². The maximum atomic E-state index is 12.4. The molecule has 11 heteroatoms. The van der Waals surface area contributed by atoms with Crippen molar-refractivity contribution < 1.29 is 22.5 Å². The highest BCUT2D eigenvalue weighted by Gasteiger charge is 2.24. The van der Waals surface area contributed by atoms with Gasteiger partial charge in [0.05, 0.1) is 14.9 Å². The lowest BCUT2D eigenvalue weighted by Crippen LogP contribution is -2.39. The summed E-state index contributed by atoms with van der Waals surface area (Å²) in [6, 6.07) is 10.1. The number of aromatic nitrogens is 2. The zero-order valence-corrected chi connectivity index (χ0v) is 18.3. The predicted octanol–water partition coefficient (Wildman–Crippen LogP) is 3.76. The number of esters is 1. The van der Waals surface area contributed by atoms with Crippen LogP contribution >= 0.6 is 23.2 Å². The summed E-state index contributed by atoms with van der Waals surface area (Å²) < 4.78 is 37.3. The van der Waals surface area contributed by atoms with Crippen molar-refractivity contribution in [3.8, 4) is 11.5 Å². The Kier molecular flexibility index (Phi) is 6.77. The van der Waals surface area contributed by atoms with Gasteiger partial charge in [0.2, 0.25) is 15.8 Å². The zero-order chi connectivity index (χ0) is 21.9. The second-order valence-corrected chi connectivity index (χ2v) is 8.94. The minimum absolute atomic E-state index is 0.0799. The summed E-state index contributed by atoms with van der Waals surface area (Å²) in [7, 11) is -4.01. The van der Waals surface area contributed by atoms with Gasteiger partial charge in [-0.1, -0.05) is 46.1 Å². The topological polar surface area (TPSA) is 111 Å². The number of aryl methyl sites for hydroxylation is 1. The first-order chi connectivity index (χ1) is 14.2. The molecule has 0 bridgehead atoms. The van der Waals surface area contributed by atoms with Gasteiger partial charge in [-0.25, -0.2) is 8.42 Å². The van der Waals surface area contributed by atoms with Crippen molar-refractivity contribution >= 4 is 39.2 Å². The molecule has 3 rings (SSSR count). The number of rotatable bonds is 7. The van der Waals surface area contributed by atoms with E-state index in [2.05, 4.69) is 14.9 Å². The number of ether oxygens (including phenoxy) is 1. The number of carbonyl (C=O) groups is 1. The lowest BCUT2D eigenvalue weighted by atomic mass is 10.1. The molecule has 1 heterocycles. The van der Waals surface area contributed by atoms with Gasteiger partial charge in [0.15, 0.2) is 6.61 Å². The molecule has 2 aromatic carbocycles. The average molecular weight is 470 g/mol. The van der Waals surface area contributed by atoms with Crippen LogP contribution in [0.5, 0.6) is 0 Å². The van der Waals surface area contributed by atoms with Gasteiger partial charge in [0, 0.05) is 5.56 Å². The molecule has 0 radical (unpaired) electrons. The standard InChI is InChI=1S/C19H17Cl2N3O5S/c1-11-3-5-13(6-4-11)18-22-17(23-29-18)10-28-19(25)12(2)24-30(26,27)14-7-8-15(20)16(21)9-14/h3-9,12,24H,10H2,1-2H3. The fraction of sp³-hybridized carbons (Fsp3) is 0.211. The van der Waals surface area contributed by atoms with Crippen molar-refractivity contribution in [1.82, 2.24) is 14.9 Å². The van der Waals surface area contributed by atoms with Crippen LogP contribution in [-0.4, -0.2) is 30.6 Å². The summed E-state index contributed by atoms with van der Waals surface area (Å²) in [5, 5.41) is 4.05. The van der Waals surface area contributed by atoms with Crippen molar-refractivity contribution in [2.45, 2.75) is 31.4 Å². The second kappa shape index (κ2) is 9.13. The quantitative estimate of drug-likeness (QED) is 0.524. The molecule has 0 saturated heterocycles. The Morgan fingerprint density at radius 1 is 1.17 bits per heavy atom. The Labute approximate surface area is 183 Å². The molecule has 0 spiro atoms. The first-order valence-corrected chi connectivity index (χ1v) is 10.9. The Balaban J connectivity index is 1.59. The Hall–Kier alpha value is -2.46. The summed E-state index contributed by atoms with van der Waals surface area (Å²) in [6.45, 7) is 3.04. The van der Waals surface area contributed by atoms with Gasteiger partial charge in [-0.15, -0.1) is 0 Å². The maximum absolute atomic E-state index is 12.4. The lowest BCUT2D eigenvalue weighted by Gasteiger charge is -2.13. The third-order valence-corrected chi connectivity index (χ3v) is 6.27. The molecule has 1 N–H and O–H groups in total. The number of hydrogen-bond donors (Lipinski definition) is 1. The van der Waals surface area contributed by atoms with E-state index in [1.54, 1.807) is 0 Å². The lowest BCUT2D eigenvalue weighted by molar-refractivity contribution is -0.146. The molecule has 158 valence electrons. The van der Waals surface area contributed by atoms with E-state index < -0.39 is 22.0 Å². The molecule has 0 amide bonds. The maximum Gasteiger partial charge on any atom is 0.324 e. The minimum atomic E-state index is -4.01. The van der Waals surface area contributed by atoms with E-state index in [-0.39, 0.29) is 33.3 Å². The fourth-order valence-corrected chi connectivity index (χ4v) is 3.96. The molecule has 1 unspecified atom stereocenters. The smallest absolute Gasteiger partial charge is 0.324 e. The summed E-state index contributed by atoms with van der Waals surface area (Å²) >= 11 is 11.6. The molecular weight excluding hydrogens is 453 g/mol. The van der Waals surface area contributed by atoms with E-state index in [0.717, 1.165) is 11.1 Å². The number of sulfonamides is 1. The van der Waals surface area contributed by atoms with Crippen molar-refractivity contribution in [3.63, 3.8) is 0 Å². The van der Waals surface area contributed by atoms with Gasteiger partial charge >= 0.3 is 5.97 Å².